The maximum Gasteiger partial charge on any atom is 1.00 e. The minimum atomic E-state index is -5.35. The van der Waals surface area contributed by atoms with Crippen molar-refractivity contribution in [2.24, 2.45) is 10.2 Å². The molecule has 0 radical (unpaired) electrons. The third kappa shape index (κ3) is 7.28. The van der Waals surface area contributed by atoms with Crippen LogP contribution in [0.25, 0.3) is 10.8 Å². The van der Waals surface area contributed by atoms with Crippen molar-refractivity contribution in [2.45, 2.75) is 16.7 Å². The summed E-state index contributed by atoms with van der Waals surface area (Å²) in [6.45, 7) is 1.04. The number of non-ortho nitro benzene ring substituents is 1. The third-order valence-electron chi connectivity index (χ3n) is 4.31. The first-order valence-electron chi connectivity index (χ1n) is 8.87. The number of nitrogens with zero attached hydrogens (tertiary/aromatic N) is 3. The molecule has 0 fully saturated rings. The summed E-state index contributed by atoms with van der Waals surface area (Å²) in [6.07, 6.45) is 0. The first kappa shape index (κ1) is 32.0. The number of nitro benzene ring substituents is 1. The topological polar surface area (TPSA) is 232 Å². The molecule has 0 aliphatic heterocycles. The number of amides is 1. The molecule has 0 heterocycles. The average Bonchev–Trinajstić information content (AvgIpc) is 2.71. The molecule has 18 heteroatoms. The van der Waals surface area contributed by atoms with Gasteiger partial charge in [0.15, 0.2) is 0 Å². The summed E-state index contributed by atoms with van der Waals surface area (Å²) in [5, 5.41) is 32.4. The van der Waals surface area contributed by atoms with Gasteiger partial charge in [0.2, 0.25) is 5.91 Å². The van der Waals surface area contributed by atoms with Gasteiger partial charge < -0.3 is 15.0 Å². The number of rotatable bonds is 6. The van der Waals surface area contributed by atoms with Crippen molar-refractivity contribution in [3.05, 3.63) is 52.6 Å². The van der Waals surface area contributed by atoms with Crippen LogP contribution < -0.4 is 69.5 Å². The van der Waals surface area contributed by atoms with Crippen LogP contribution in [0.3, 0.4) is 0 Å². The zero-order valence-electron chi connectivity index (χ0n) is 18.8. The van der Waals surface area contributed by atoms with Gasteiger partial charge in [-0.05, 0) is 41.1 Å². The van der Waals surface area contributed by atoms with Gasteiger partial charge in [0, 0.05) is 24.7 Å². The first-order chi connectivity index (χ1) is 15.7. The Morgan fingerprint density at radius 3 is 2.08 bits per heavy atom. The number of fused-ring (bicyclic) bond motifs is 1. The second kappa shape index (κ2) is 12.0. The minimum Gasteiger partial charge on any atom is -0.870 e. The molecule has 0 aliphatic carbocycles. The average molecular weight is 554 g/mol. The van der Waals surface area contributed by atoms with Crippen molar-refractivity contribution in [3.8, 4) is 5.75 Å². The van der Waals surface area contributed by atoms with Crippen molar-refractivity contribution >= 4 is 59.7 Å². The summed E-state index contributed by atoms with van der Waals surface area (Å²) in [5.74, 6) is -1.93. The van der Waals surface area contributed by atoms with Gasteiger partial charge in [-0.15, -0.1) is 5.11 Å². The van der Waals surface area contributed by atoms with E-state index in [0.717, 1.165) is 43.3 Å². The van der Waals surface area contributed by atoms with E-state index in [1.165, 1.54) is 0 Å². The summed E-state index contributed by atoms with van der Waals surface area (Å²) in [7, 11) is -10.2. The van der Waals surface area contributed by atoms with Gasteiger partial charge in [0.1, 0.15) is 10.1 Å². The largest absolute Gasteiger partial charge is 1.00 e. The summed E-state index contributed by atoms with van der Waals surface area (Å²) in [6, 6.07) is 6.61. The van der Waals surface area contributed by atoms with E-state index in [9.17, 15) is 46.0 Å². The predicted molar refractivity (Wildman–Crippen MR) is 113 cm³/mol. The zero-order chi connectivity index (χ0) is 25.4. The molecule has 0 aliphatic rings. The van der Waals surface area contributed by atoms with Crippen molar-refractivity contribution in [1.29, 1.82) is 0 Å². The Bertz CT molecular complexity index is 1590. The van der Waals surface area contributed by atoms with Crippen LogP contribution in [0.4, 0.5) is 22.7 Å². The van der Waals surface area contributed by atoms with Crippen molar-refractivity contribution in [2.75, 3.05) is 5.32 Å². The molecule has 0 unspecified atom stereocenters. The van der Waals surface area contributed by atoms with Crippen LogP contribution in [0, 0.1) is 10.1 Å². The van der Waals surface area contributed by atoms with Crippen LogP contribution in [0.15, 0.2) is 62.5 Å². The number of nitro groups is 1. The molecule has 0 bridgehead atoms. The van der Waals surface area contributed by atoms with Crippen molar-refractivity contribution in [3.63, 3.8) is 0 Å². The Morgan fingerprint density at radius 1 is 1.03 bits per heavy atom. The summed E-state index contributed by atoms with van der Waals surface area (Å²) < 4.78 is 68.0. The van der Waals surface area contributed by atoms with Crippen LogP contribution >= 0.6 is 0 Å². The summed E-state index contributed by atoms with van der Waals surface area (Å²) in [5.41, 5.74) is -1.63. The SMILES string of the molecule is CC(=O)Nc1cc(S(=O)(=O)O)cc2cc(S(=O)(=O)[O-])c(N=Nc3ccc([N+](=O)[O-])cc3)c([O-])c12.[Na+].[Na+]. The smallest absolute Gasteiger partial charge is 0.870 e. The van der Waals surface area contributed by atoms with E-state index >= 15 is 0 Å². The molecule has 0 saturated heterocycles. The van der Waals surface area contributed by atoms with Crippen LogP contribution in [-0.2, 0) is 25.0 Å². The van der Waals surface area contributed by atoms with Crippen LogP contribution in [0.2, 0.25) is 0 Å². The molecular weight excluding hydrogens is 542 g/mol. The molecule has 0 atom stereocenters. The van der Waals surface area contributed by atoms with Gasteiger partial charge in [-0.1, -0.05) is 5.75 Å². The van der Waals surface area contributed by atoms with Crippen LogP contribution in [0.5, 0.6) is 5.75 Å². The Morgan fingerprint density at radius 2 is 1.61 bits per heavy atom. The Kier molecular flexibility index (Phi) is 10.7. The number of carbonyl (C=O) groups excluding carboxylic acids is 1. The number of nitrogens with one attached hydrogen (secondary N) is 1. The van der Waals surface area contributed by atoms with Crippen LogP contribution in [-0.4, -0.2) is 36.8 Å². The molecule has 178 valence electrons. The fourth-order valence-corrected chi connectivity index (χ4v) is 4.10. The molecule has 0 aromatic heterocycles. The monoisotopic (exact) mass is 554 g/mol. The first-order valence-corrected chi connectivity index (χ1v) is 11.7. The molecule has 3 rings (SSSR count). The fraction of sp³-hybridized carbons (Fsp3) is 0.0556. The van der Waals surface area contributed by atoms with E-state index in [2.05, 4.69) is 15.5 Å². The van der Waals surface area contributed by atoms with E-state index < -0.39 is 68.8 Å². The molecule has 0 saturated carbocycles. The van der Waals surface area contributed by atoms with E-state index in [1.807, 2.05) is 0 Å². The minimum absolute atomic E-state index is 0. The summed E-state index contributed by atoms with van der Waals surface area (Å²) >= 11 is 0. The van der Waals surface area contributed by atoms with Crippen molar-refractivity contribution < 1.29 is 99.9 Å². The van der Waals surface area contributed by atoms with Gasteiger partial charge in [-0.25, -0.2) is 8.42 Å². The maximum atomic E-state index is 13.1. The predicted octanol–water partition coefficient (Wildman–Crippen LogP) is -3.65. The molecule has 14 nitrogen and oxygen atoms in total. The Hall–Kier alpha value is -1.99. The number of hydrogen-bond acceptors (Lipinski definition) is 11. The Balaban J connectivity index is 0.00000324. The fourth-order valence-electron chi connectivity index (χ4n) is 2.92. The number of benzene rings is 3. The van der Waals surface area contributed by atoms with E-state index in [4.69, 9.17) is 0 Å². The third-order valence-corrected chi connectivity index (χ3v) is 5.99. The summed E-state index contributed by atoms with van der Waals surface area (Å²) in [4.78, 5) is 19.7. The second-order valence-corrected chi connectivity index (χ2v) is 9.47. The normalized spacial score (nSPS) is 11.5. The van der Waals surface area contributed by atoms with Gasteiger partial charge in [-0.3, -0.25) is 19.5 Å². The van der Waals surface area contributed by atoms with E-state index in [0.29, 0.717) is 6.07 Å². The van der Waals surface area contributed by atoms with E-state index in [-0.39, 0.29) is 70.5 Å². The molecule has 3 aromatic carbocycles. The molecule has 0 spiro atoms. The number of azo groups is 1. The van der Waals surface area contributed by atoms with E-state index in [1.54, 1.807) is 0 Å². The van der Waals surface area contributed by atoms with Gasteiger partial charge in [0.05, 0.1) is 26.1 Å². The molecule has 1 amide bonds. The Labute approximate surface area is 248 Å². The molecule has 3 aromatic rings. The number of anilines is 1. The van der Waals surface area contributed by atoms with Gasteiger partial charge >= 0.3 is 59.1 Å². The van der Waals surface area contributed by atoms with Gasteiger partial charge in [0.25, 0.3) is 15.8 Å². The molecule has 2 N–H and O–H groups in total. The standard InChI is InChI=1S/C18H14N4O10S2.2Na/c1-9(23)19-14-8-13(33(27,28)29)6-10-7-15(34(30,31)32)17(18(24)16(10)14)21-20-11-2-4-12(5-3-11)22(25)26;;/h2-8,24H,1H3,(H,19,23)(H,27,28,29)(H,30,31,32);;/q;2*+1/p-2. The number of hydrogen-bond donors (Lipinski definition) is 2. The quantitative estimate of drug-likeness (QED) is 0.0997. The van der Waals surface area contributed by atoms with Gasteiger partial charge in [-0.2, -0.15) is 13.5 Å². The molecular formula is C18H12N4Na2O10S2. The number of carbonyl (C=O) groups is 1. The second-order valence-electron chi connectivity index (χ2n) is 6.71. The maximum absolute atomic E-state index is 13.1. The molecule has 36 heavy (non-hydrogen) atoms. The van der Waals surface area contributed by atoms with Crippen molar-refractivity contribution in [1.82, 2.24) is 0 Å². The van der Waals surface area contributed by atoms with Crippen LogP contribution in [0.1, 0.15) is 6.92 Å². The zero-order valence-corrected chi connectivity index (χ0v) is 24.5.